The topological polar surface area (TPSA) is 33.2 Å². The Kier molecular flexibility index (Phi) is 2.91. The van der Waals surface area contributed by atoms with Crippen molar-refractivity contribution in [3.05, 3.63) is 29.0 Å². The minimum atomic E-state index is -0.0515. The molecular weight excluding hydrogens is 212 g/mol. The fourth-order valence-electron chi connectivity index (χ4n) is 1.49. The molecule has 0 N–H and O–H groups in total. The number of carbonyl (C=O) groups is 1. The maximum absolute atomic E-state index is 11.9. The van der Waals surface area contributed by atoms with Crippen LogP contribution in [0, 0.1) is 5.92 Å². The number of hydrogen-bond acceptors (Lipinski definition) is 2. The number of aromatic nitrogens is 1. The van der Waals surface area contributed by atoms with Crippen molar-refractivity contribution >= 4 is 17.5 Å². The molecule has 1 aliphatic carbocycles. The first-order valence-corrected chi connectivity index (χ1v) is 5.42. The zero-order chi connectivity index (χ0) is 10.8. The Morgan fingerprint density at radius 1 is 1.60 bits per heavy atom. The van der Waals surface area contributed by atoms with Gasteiger partial charge in [-0.1, -0.05) is 17.7 Å². The molecule has 0 aliphatic heterocycles. The van der Waals surface area contributed by atoms with Crippen LogP contribution in [0.5, 0.6) is 0 Å². The molecule has 4 heteroatoms. The van der Waals surface area contributed by atoms with Gasteiger partial charge in [0, 0.05) is 13.6 Å². The summed E-state index contributed by atoms with van der Waals surface area (Å²) < 4.78 is 0. The van der Waals surface area contributed by atoms with Gasteiger partial charge >= 0.3 is 0 Å². The molecule has 1 heterocycles. The van der Waals surface area contributed by atoms with Gasteiger partial charge in [0.25, 0.3) is 5.91 Å². The number of rotatable bonds is 3. The van der Waals surface area contributed by atoms with E-state index in [0.717, 1.165) is 6.54 Å². The summed E-state index contributed by atoms with van der Waals surface area (Å²) in [5, 5.41) is 0.362. The number of nitrogens with zero attached hydrogens (tertiary/aromatic N) is 2. The molecule has 80 valence electrons. The smallest absolute Gasteiger partial charge is 0.272 e. The minimum Gasteiger partial charge on any atom is -0.340 e. The Morgan fingerprint density at radius 3 is 2.93 bits per heavy atom. The van der Waals surface area contributed by atoms with Crippen LogP contribution in [-0.4, -0.2) is 29.4 Å². The van der Waals surface area contributed by atoms with Crippen LogP contribution in [0.3, 0.4) is 0 Å². The first-order chi connectivity index (χ1) is 7.16. The molecule has 0 atom stereocenters. The number of carbonyl (C=O) groups excluding carboxylic acids is 1. The molecule has 0 saturated heterocycles. The van der Waals surface area contributed by atoms with Gasteiger partial charge in [-0.25, -0.2) is 4.98 Å². The molecule has 2 rings (SSSR count). The Labute approximate surface area is 94.1 Å². The molecule has 1 aliphatic rings. The summed E-state index contributed by atoms with van der Waals surface area (Å²) in [6.07, 6.45) is 2.47. The molecule has 0 radical (unpaired) electrons. The van der Waals surface area contributed by atoms with Gasteiger partial charge in [-0.3, -0.25) is 4.79 Å². The number of halogens is 1. The highest BCUT2D eigenvalue weighted by Gasteiger charge is 2.25. The lowest BCUT2D eigenvalue weighted by atomic mass is 10.3. The Hall–Kier alpha value is -1.09. The molecule has 1 aromatic rings. The van der Waals surface area contributed by atoms with Crippen LogP contribution in [0.25, 0.3) is 0 Å². The van der Waals surface area contributed by atoms with Crippen LogP contribution in [0.1, 0.15) is 23.3 Å². The highest BCUT2D eigenvalue weighted by Crippen LogP contribution is 2.29. The van der Waals surface area contributed by atoms with E-state index in [1.54, 1.807) is 23.1 Å². The van der Waals surface area contributed by atoms with Crippen molar-refractivity contribution in [2.75, 3.05) is 13.6 Å². The van der Waals surface area contributed by atoms with Crippen LogP contribution in [0.2, 0.25) is 5.15 Å². The molecule has 1 saturated carbocycles. The molecule has 15 heavy (non-hydrogen) atoms. The van der Waals surface area contributed by atoms with Crippen LogP contribution >= 0.6 is 11.6 Å². The van der Waals surface area contributed by atoms with E-state index in [-0.39, 0.29) is 5.91 Å². The summed E-state index contributed by atoms with van der Waals surface area (Å²) in [5.74, 6) is 0.641. The third kappa shape index (κ3) is 2.69. The molecule has 3 nitrogen and oxygen atoms in total. The number of pyridine rings is 1. The van der Waals surface area contributed by atoms with E-state index < -0.39 is 0 Å². The van der Waals surface area contributed by atoms with Gasteiger partial charge < -0.3 is 4.90 Å². The van der Waals surface area contributed by atoms with Crippen molar-refractivity contribution < 1.29 is 4.79 Å². The fourth-order valence-corrected chi connectivity index (χ4v) is 1.66. The van der Waals surface area contributed by atoms with E-state index in [2.05, 4.69) is 4.98 Å². The molecular formula is C11H13ClN2O. The summed E-state index contributed by atoms with van der Waals surface area (Å²) in [7, 11) is 1.81. The van der Waals surface area contributed by atoms with Crippen LogP contribution in [-0.2, 0) is 0 Å². The standard InChI is InChI=1S/C11H13ClN2O/c1-14(7-8-5-6-8)11(15)9-3-2-4-10(12)13-9/h2-4,8H,5-7H2,1H3. The van der Waals surface area contributed by atoms with Crippen molar-refractivity contribution in [2.24, 2.45) is 5.92 Å². The van der Waals surface area contributed by atoms with Gasteiger partial charge in [0.1, 0.15) is 10.8 Å². The summed E-state index contributed by atoms with van der Waals surface area (Å²) in [6.45, 7) is 0.826. The second-order valence-electron chi connectivity index (χ2n) is 3.97. The van der Waals surface area contributed by atoms with Gasteiger partial charge in [-0.05, 0) is 30.9 Å². The van der Waals surface area contributed by atoms with Crippen LogP contribution < -0.4 is 0 Å². The molecule has 0 aromatic carbocycles. The molecule has 1 fully saturated rings. The maximum atomic E-state index is 11.9. The Bertz CT molecular complexity index is 377. The van der Waals surface area contributed by atoms with E-state index in [9.17, 15) is 4.79 Å². The Balaban J connectivity index is 2.05. The average molecular weight is 225 g/mol. The van der Waals surface area contributed by atoms with Gasteiger partial charge in [-0.15, -0.1) is 0 Å². The van der Waals surface area contributed by atoms with Gasteiger partial charge in [0.15, 0.2) is 0 Å². The predicted molar refractivity (Wildman–Crippen MR) is 58.9 cm³/mol. The van der Waals surface area contributed by atoms with Gasteiger partial charge in [-0.2, -0.15) is 0 Å². The first-order valence-electron chi connectivity index (χ1n) is 5.05. The lowest BCUT2D eigenvalue weighted by Crippen LogP contribution is -2.29. The summed E-state index contributed by atoms with van der Waals surface area (Å²) in [5.41, 5.74) is 0.422. The fraction of sp³-hybridized carbons (Fsp3) is 0.455. The van der Waals surface area contributed by atoms with Crippen molar-refractivity contribution in [1.29, 1.82) is 0 Å². The Morgan fingerprint density at radius 2 is 2.33 bits per heavy atom. The lowest BCUT2D eigenvalue weighted by Gasteiger charge is -2.15. The second kappa shape index (κ2) is 4.19. The van der Waals surface area contributed by atoms with Crippen molar-refractivity contribution in [3.8, 4) is 0 Å². The molecule has 1 amide bonds. The highest BCUT2D eigenvalue weighted by atomic mass is 35.5. The van der Waals surface area contributed by atoms with Crippen molar-refractivity contribution in [3.63, 3.8) is 0 Å². The van der Waals surface area contributed by atoms with E-state index in [1.807, 2.05) is 7.05 Å². The highest BCUT2D eigenvalue weighted by molar-refractivity contribution is 6.29. The third-order valence-corrected chi connectivity index (χ3v) is 2.72. The van der Waals surface area contributed by atoms with Crippen molar-refractivity contribution in [1.82, 2.24) is 9.88 Å². The number of amides is 1. The van der Waals surface area contributed by atoms with Gasteiger partial charge in [0.2, 0.25) is 0 Å². The minimum absolute atomic E-state index is 0.0515. The van der Waals surface area contributed by atoms with E-state index in [0.29, 0.717) is 16.8 Å². The quantitative estimate of drug-likeness (QED) is 0.738. The van der Waals surface area contributed by atoms with Gasteiger partial charge in [0.05, 0.1) is 0 Å². The molecule has 0 unspecified atom stereocenters. The van der Waals surface area contributed by atoms with Crippen LogP contribution in [0.15, 0.2) is 18.2 Å². The second-order valence-corrected chi connectivity index (χ2v) is 4.36. The number of hydrogen-bond donors (Lipinski definition) is 0. The summed E-state index contributed by atoms with van der Waals surface area (Å²) >= 11 is 5.73. The zero-order valence-electron chi connectivity index (χ0n) is 8.61. The first kappa shape index (κ1) is 10.4. The van der Waals surface area contributed by atoms with E-state index >= 15 is 0 Å². The maximum Gasteiger partial charge on any atom is 0.272 e. The predicted octanol–water partition coefficient (Wildman–Crippen LogP) is 2.22. The van der Waals surface area contributed by atoms with E-state index in [1.165, 1.54) is 12.8 Å². The molecule has 1 aromatic heterocycles. The average Bonchev–Trinajstić information content (AvgIpc) is 3.00. The zero-order valence-corrected chi connectivity index (χ0v) is 9.37. The van der Waals surface area contributed by atoms with Crippen molar-refractivity contribution in [2.45, 2.75) is 12.8 Å². The molecule has 0 spiro atoms. The largest absolute Gasteiger partial charge is 0.340 e. The van der Waals surface area contributed by atoms with E-state index in [4.69, 9.17) is 11.6 Å². The molecule has 0 bridgehead atoms. The monoisotopic (exact) mass is 224 g/mol. The lowest BCUT2D eigenvalue weighted by molar-refractivity contribution is 0.0783. The SMILES string of the molecule is CN(CC1CC1)C(=O)c1cccc(Cl)n1. The normalized spacial score (nSPS) is 15.1. The third-order valence-electron chi connectivity index (χ3n) is 2.51. The summed E-state index contributed by atoms with van der Waals surface area (Å²) in [4.78, 5) is 17.6. The van der Waals surface area contributed by atoms with Crippen LogP contribution in [0.4, 0.5) is 0 Å². The summed E-state index contributed by atoms with van der Waals surface area (Å²) in [6, 6.07) is 5.10.